The number of benzene rings is 1. The van der Waals surface area contributed by atoms with Gasteiger partial charge >= 0.3 is 0 Å². The maximum atomic E-state index is 12.9. The van der Waals surface area contributed by atoms with Crippen LogP contribution in [-0.4, -0.2) is 24.6 Å². The van der Waals surface area contributed by atoms with Crippen LogP contribution in [0.3, 0.4) is 0 Å². The number of aromatic amines is 1. The van der Waals surface area contributed by atoms with E-state index >= 15 is 0 Å². The van der Waals surface area contributed by atoms with Gasteiger partial charge in [0.05, 0.1) is 16.7 Å². The molecule has 1 aliphatic rings. The van der Waals surface area contributed by atoms with Crippen molar-refractivity contribution in [2.24, 2.45) is 5.92 Å². The van der Waals surface area contributed by atoms with Crippen LogP contribution in [0, 0.1) is 12.8 Å². The Balaban J connectivity index is 1.37. The van der Waals surface area contributed by atoms with Crippen LogP contribution >= 0.6 is 23.1 Å². The molecule has 0 radical (unpaired) electrons. The lowest BCUT2D eigenvalue weighted by atomic mass is 9.89. The number of fused-ring (bicyclic) bond motifs is 6. The van der Waals surface area contributed by atoms with Gasteiger partial charge in [0, 0.05) is 10.3 Å². The number of pyridine rings is 1. The van der Waals surface area contributed by atoms with Crippen LogP contribution in [0.1, 0.15) is 35.2 Å². The Hall–Kier alpha value is -2.71. The summed E-state index contributed by atoms with van der Waals surface area (Å²) in [5, 5.41) is 11.6. The predicted molar refractivity (Wildman–Crippen MR) is 126 cm³/mol. The molecule has 31 heavy (non-hydrogen) atoms. The van der Waals surface area contributed by atoms with E-state index < -0.39 is 0 Å². The number of nitrogens with one attached hydrogen (secondary N) is 1. The van der Waals surface area contributed by atoms with E-state index in [1.165, 1.54) is 21.4 Å². The summed E-state index contributed by atoms with van der Waals surface area (Å²) in [6, 6.07) is 10.3. The molecule has 1 atom stereocenters. The normalized spacial score (nSPS) is 16.4. The van der Waals surface area contributed by atoms with Crippen LogP contribution in [0.2, 0.25) is 0 Å². The van der Waals surface area contributed by atoms with Gasteiger partial charge in [-0.1, -0.05) is 36.9 Å². The van der Waals surface area contributed by atoms with E-state index in [2.05, 4.69) is 51.6 Å². The molecule has 6 rings (SSSR count). The Morgan fingerprint density at radius 2 is 2.16 bits per heavy atom. The van der Waals surface area contributed by atoms with E-state index in [1.807, 2.05) is 12.1 Å². The smallest absolute Gasteiger partial charge is 0.259 e. The SMILES string of the molecule is Cc1cc2nnc(SCc3nc4sc5c(c4c(=O)[nH]3)CCC(C)C5)n2c2ccccc12. The van der Waals surface area contributed by atoms with E-state index in [0.717, 1.165) is 45.8 Å². The number of thiophene rings is 1. The molecule has 0 saturated carbocycles. The molecule has 4 aromatic heterocycles. The maximum Gasteiger partial charge on any atom is 0.259 e. The Kier molecular flexibility index (Phi) is 4.40. The van der Waals surface area contributed by atoms with Crippen molar-refractivity contribution < 1.29 is 0 Å². The van der Waals surface area contributed by atoms with Crippen molar-refractivity contribution >= 4 is 49.9 Å². The van der Waals surface area contributed by atoms with Gasteiger partial charge in [-0.15, -0.1) is 21.5 Å². The second-order valence-corrected chi connectivity index (χ2v) is 10.4. The molecule has 1 aromatic carbocycles. The monoisotopic (exact) mass is 447 g/mol. The third kappa shape index (κ3) is 3.08. The lowest BCUT2D eigenvalue weighted by molar-refractivity contribution is 0.509. The minimum absolute atomic E-state index is 0.0140. The van der Waals surface area contributed by atoms with Gasteiger partial charge in [0.25, 0.3) is 5.56 Å². The number of para-hydroxylation sites is 1. The summed E-state index contributed by atoms with van der Waals surface area (Å²) in [5.74, 6) is 1.89. The van der Waals surface area contributed by atoms with E-state index in [0.29, 0.717) is 17.5 Å². The van der Waals surface area contributed by atoms with Gasteiger partial charge in [-0.3, -0.25) is 9.20 Å². The predicted octanol–water partition coefficient (Wildman–Crippen LogP) is 4.91. The second-order valence-electron chi connectivity index (χ2n) is 8.35. The molecule has 1 unspecified atom stereocenters. The molecule has 4 heterocycles. The number of hydrogen-bond donors (Lipinski definition) is 1. The molecular weight excluding hydrogens is 426 g/mol. The van der Waals surface area contributed by atoms with Crippen molar-refractivity contribution in [2.75, 3.05) is 0 Å². The largest absolute Gasteiger partial charge is 0.309 e. The van der Waals surface area contributed by atoms with Crippen molar-refractivity contribution in [1.82, 2.24) is 24.6 Å². The van der Waals surface area contributed by atoms with Gasteiger partial charge in [-0.25, -0.2) is 4.98 Å². The first-order valence-corrected chi connectivity index (χ1v) is 12.3. The maximum absolute atomic E-state index is 12.9. The molecule has 1 aliphatic carbocycles. The highest BCUT2D eigenvalue weighted by molar-refractivity contribution is 7.98. The third-order valence-electron chi connectivity index (χ3n) is 6.13. The lowest BCUT2D eigenvalue weighted by Gasteiger charge is -2.17. The van der Waals surface area contributed by atoms with Crippen LogP contribution < -0.4 is 5.56 Å². The number of nitrogens with zero attached hydrogens (tertiary/aromatic N) is 4. The zero-order valence-corrected chi connectivity index (χ0v) is 18.9. The Morgan fingerprint density at radius 3 is 3.06 bits per heavy atom. The average molecular weight is 448 g/mol. The van der Waals surface area contributed by atoms with Crippen molar-refractivity contribution in [1.29, 1.82) is 0 Å². The van der Waals surface area contributed by atoms with Crippen LogP contribution in [0.25, 0.3) is 26.8 Å². The highest BCUT2D eigenvalue weighted by Gasteiger charge is 2.23. The number of aryl methyl sites for hydroxylation is 2. The molecule has 1 N–H and O–H groups in total. The molecule has 0 amide bonds. The first-order chi connectivity index (χ1) is 15.1. The minimum Gasteiger partial charge on any atom is -0.309 e. The zero-order chi connectivity index (χ0) is 21.1. The quantitative estimate of drug-likeness (QED) is 0.398. The summed E-state index contributed by atoms with van der Waals surface area (Å²) in [5.41, 5.74) is 4.30. The topological polar surface area (TPSA) is 75.9 Å². The molecule has 6 nitrogen and oxygen atoms in total. The van der Waals surface area contributed by atoms with E-state index in [1.54, 1.807) is 23.1 Å². The van der Waals surface area contributed by atoms with Crippen molar-refractivity contribution in [2.45, 2.75) is 44.0 Å². The van der Waals surface area contributed by atoms with E-state index in [4.69, 9.17) is 4.98 Å². The van der Waals surface area contributed by atoms with Gasteiger partial charge in [-0.05, 0) is 55.4 Å². The molecule has 0 bridgehead atoms. The van der Waals surface area contributed by atoms with Crippen molar-refractivity contribution in [3.63, 3.8) is 0 Å². The first-order valence-electron chi connectivity index (χ1n) is 10.5. The Labute approximate surface area is 186 Å². The molecule has 0 spiro atoms. The van der Waals surface area contributed by atoms with Crippen molar-refractivity contribution in [3.8, 4) is 0 Å². The summed E-state index contributed by atoms with van der Waals surface area (Å²) in [7, 11) is 0. The fourth-order valence-corrected chi connectivity index (χ4v) is 6.79. The second kappa shape index (κ2) is 7.17. The summed E-state index contributed by atoms with van der Waals surface area (Å²) in [4.78, 5) is 22.9. The van der Waals surface area contributed by atoms with Crippen LogP contribution in [-0.2, 0) is 18.6 Å². The highest BCUT2D eigenvalue weighted by Crippen LogP contribution is 2.36. The number of rotatable bonds is 3. The zero-order valence-electron chi connectivity index (χ0n) is 17.3. The molecule has 156 valence electrons. The molecule has 0 saturated heterocycles. The fraction of sp³-hybridized carbons (Fsp3) is 0.304. The Bertz CT molecular complexity index is 1530. The number of aromatic nitrogens is 5. The van der Waals surface area contributed by atoms with E-state index in [-0.39, 0.29) is 5.56 Å². The fourth-order valence-electron chi connectivity index (χ4n) is 4.56. The Morgan fingerprint density at radius 1 is 1.29 bits per heavy atom. The van der Waals surface area contributed by atoms with Gasteiger partial charge in [0.1, 0.15) is 10.7 Å². The standard InChI is InChI=1S/C23H21N5OS2/c1-12-7-8-15-17(9-12)31-22-20(15)21(29)24-18(25-22)11-30-23-27-26-19-10-13(2)14-5-3-4-6-16(14)28(19)23/h3-6,10,12H,7-9,11H2,1-2H3,(H,24,25,29). The number of hydrogen-bond acceptors (Lipinski definition) is 6. The van der Waals surface area contributed by atoms with E-state index in [9.17, 15) is 4.79 Å². The summed E-state index contributed by atoms with van der Waals surface area (Å²) >= 11 is 3.23. The molecule has 0 fully saturated rings. The number of thioether (sulfide) groups is 1. The summed E-state index contributed by atoms with van der Waals surface area (Å²) in [6.45, 7) is 4.37. The first kappa shape index (κ1) is 19.0. The molecular formula is C23H21N5OS2. The minimum atomic E-state index is -0.0140. The average Bonchev–Trinajstić information content (AvgIpc) is 3.33. The van der Waals surface area contributed by atoms with Crippen LogP contribution in [0.15, 0.2) is 40.3 Å². The van der Waals surface area contributed by atoms with Crippen LogP contribution in [0.5, 0.6) is 0 Å². The van der Waals surface area contributed by atoms with Gasteiger partial charge < -0.3 is 4.98 Å². The van der Waals surface area contributed by atoms with Gasteiger partial charge in [-0.2, -0.15) is 0 Å². The van der Waals surface area contributed by atoms with Gasteiger partial charge in [0.15, 0.2) is 10.8 Å². The lowest BCUT2D eigenvalue weighted by Crippen LogP contribution is -2.14. The van der Waals surface area contributed by atoms with Crippen molar-refractivity contribution in [3.05, 3.63) is 62.5 Å². The highest BCUT2D eigenvalue weighted by atomic mass is 32.2. The summed E-state index contributed by atoms with van der Waals surface area (Å²) < 4.78 is 2.08. The molecule has 8 heteroatoms. The third-order valence-corrected chi connectivity index (χ3v) is 8.21. The number of H-pyrrole nitrogens is 1. The molecule has 5 aromatic rings. The van der Waals surface area contributed by atoms with Crippen LogP contribution in [0.4, 0.5) is 0 Å². The van der Waals surface area contributed by atoms with Gasteiger partial charge in [0.2, 0.25) is 0 Å². The summed E-state index contributed by atoms with van der Waals surface area (Å²) in [6.07, 6.45) is 3.18. The molecule has 0 aliphatic heterocycles.